The summed E-state index contributed by atoms with van der Waals surface area (Å²) in [6, 6.07) is 4.48. The molecule has 8 nitrogen and oxygen atoms in total. The third-order valence-corrected chi connectivity index (χ3v) is 3.39. The summed E-state index contributed by atoms with van der Waals surface area (Å²) in [5, 5.41) is 0. The van der Waals surface area contributed by atoms with Gasteiger partial charge in [-0.2, -0.15) is 0 Å². The lowest BCUT2D eigenvalue weighted by atomic mass is 10.1. The first-order valence-electron chi connectivity index (χ1n) is 8.80. The van der Waals surface area contributed by atoms with Crippen LogP contribution in [-0.2, 0) is 23.7 Å². The number of hydrogen-bond donors (Lipinski definition) is 0. The predicted octanol–water partition coefficient (Wildman–Crippen LogP) is 2.10. The molecule has 0 aliphatic rings. The molecule has 0 aliphatic heterocycles. The Morgan fingerprint density at radius 2 is 1.26 bits per heavy atom. The first kappa shape index (κ1) is 22.9. The molecular formula is C19H28O8. The molecule has 0 fully saturated rings. The molecule has 0 aromatic heterocycles. The lowest BCUT2D eigenvalue weighted by Gasteiger charge is -2.11. The molecule has 0 saturated heterocycles. The van der Waals surface area contributed by atoms with E-state index in [9.17, 15) is 9.59 Å². The summed E-state index contributed by atoms with van der Waals surface area (Å²) in [6.07, 6.45) is 0.996. The summed E-state index contributed by atoms with van der Waals surface area (Å²) in [5.41, 5.74) is 0.203. The van der Waals surface area contributed by atoms with Crippen molar-refractivity contribution < 1.29 is 38.0 Å². The molecule has 1 aromatic carbocycles. The second kappa shape index (κ2) is 14.0. The molecular weight excluding hydrogens is 356 g/mol. The lowest BCUT2D eigenvalue weighted by Crippen LogP contribution is -2.14. The molecule has 27 heavy (non-hydrogen) atoms. The van der Waals surface area contributed by atoms with E-state index >= 15 is 0 Å². The average molecular weight is 384 g/mol. The normalized spacial score (nSPS) is 10.5. The highest BCUT2D eigenvalue weighted by Gasteiger charge is 2.19. The Morgan fingerprint density at radius 1 is 0.741 bits per heavy atom. The van der Waals surface area contributed by atoms with Crippen LogP contribution in [0.1, 0.15) is 34.1 Å². The van der Waals surface area contributed by atoms with E-state index in [-0.39, 0.29) is 17.7 Å². The SMILES string of the molecule is CCCOCCOCCOCCOc1ccc(C(=O)OC)c(C(=O)OC)c1. The fraction of sp³-hybridized carbons (Fsp3) is 0.579. The Morgan fingerprint density at radius 3 is 1.81 bits per heavy atom. The Labute approximate surface area is 159 Å². The van der Waals surface area contributed by atoms with Crippen molar-refractivity contribution in [3.05, 3.63) is 29.3 Å². The van der Waals surface area contributed by atoms with Crippen molar-refractivity contribution in [2.45, 2.75) is 13.3 Å². The van der Waals surface area contributed by atoms with Crippen LogP contribution in [0.3, 0.4) is 0 Å². The summed E-state index contributed by atoms with van der Waals surface area (Å²) >= 11 is 0. The number of benzene rings is 1. The van der Waals surface area contributed by atoms with Gasteiger partial charge in [0.1, 0.15) is 12.4 Å². The molecule has 0 saturated carbocycles. The van der Waals surface area contributed by atoms with Gasteiger partial charge in [-0.15, -0.1) is 0 Å². The zero-order valence-electron chi connectivity index (χ0n) is 16.2. The molecule has 152 valence electrons. The number of hydrogen-bond acceptors (Lipinski definition) is 8. The topological polar surface area (TPSA) is 89.5 Å². The third-order valence-electron chi connectivity index (χ3n) is 3.39. The fourth-order valence-electron chi connectivity index (χ4n) is 2.08. The molecule has 0 radical (unpaired) electrons. The first-order valence-corrected chi connectivity index (χ1v) is 8.80. The van der Waals surface area contributed by atoms with Gasteiger partial charge in [0.2, 0.25) is 0 Å². The highest BCUT2D eigenvalue weighted by Crippen LogP contribution is 2.19. The van der Waals surface area contributed by atoms with Crippen LogP contribution in [0.2, 0.25) is 0 Å². The van der Waals surface area contributed by atoms with Gasteiger partial charge in [0.15, 0.2) is 0 Å². The molecule has 0 amide bonds. The van der Waals surface area contributed by atoms with Crippen LogP contribution in [0.5, 0.6) is 5.75 Å². The van der Waals surface area contributed by atoms with E-state index in [4.69, 9.17) is 18.9 Å². The molecule has 1 rings (SSSR count). The van der Waals surface area contributed by atoms with Crippen molar-refractivity contribution in [2.24, 2.45) is 0 Å². The van der Waals surface area contributed by atoms with E-state index in [1.54, 1.807) is 6.07 Å². The van der Waals surface area contributed by atoms with Crippen LogP contribution in [0.25, 0.3) is 0 Å². The van der Waals surface area contributed by atoms with E-state index in [0.29, 0.717) is 38.8 Å². The van der Waals surface area contributed by atoms with Crippen LogP contribution < -0.4 is 4.74 Å². The largest absolute Gasteiger partial charge is 0.491 e. The molecule has 0 unspecified atom stereocenters. The second-order valence-corrected chi connectivity index (χ2v) is 5.38. The minimum absolute atomic E-state index is 0.0847. The van der Waals surface area contributed by atoms with E-state index in [2.05, 4.69) is 16.4 Å². The van der Waals surface area contributed by atoms with Crippen LogP contribution in [0.15, 0.2) is 18.2 Å². The maximum Gasteiger partial charge on any atom is 0.338 e. The van der Waals surface area contributed by atoms with Crippen LogP contribution in [0, 0.1) is 0 Å². The van der Waals surface area contributed by atoms with Gasteiger partial charge in [-0.05, 0) is 24.6 Å². The Bertz CT molecular complexity index is 573. The maximum absolute atomic E-state index is 11.8. The molecule has 8 heteroatoms. The van der Waals surface area contributed by atoms with Crippen LogP contribution >= 0.6 is 0 Å². The summed E-state index contributed by atoms with van der Waals surface area (Å²) < 4.78 is 30.9. The van der Waals surface area contributed by atoms with Crippen LogP contribution in [-0.4, -0.2) is 72.4 Å². The van der Waals surface area contributed by atoms with Gasteiger partial charge in [-0.1, -0.05) is 6.92 Å². The minimum atomic E-state index is -0.642. The Hall–Kier alpha value is -2.16. The second-order valence-electron chi connectivity index (χ2n) is 5.38. The zero-order valence-corrected chi connectivity index (χ0v) is 16.2. The number of methoxy groups -OCH3 is 2. The van der Waals surface area contributed by atoms with Gasteiger partial charge in [0, 0.05) is 6.61 Å². The van der Waals surface area contributed by atoms with E-state index in [1.165, 1.54) is 26.4 Å². The van der Waals surface area contributed by atoms with Gasteiger partial charge in [-0.25, -0.2) is 9.59 Å². The van der Waals surface area contributed by atoms with Crippen molar-refractivity contribution in [1.29, 1.82) is 0 Å². The van der Waals surface area contributed by atoms with E-state index in [1.807, 2.05) is 0 Å². The summed E-state index contributed by atoms with van der Waals surface area (Å²) in [7, 11) is 2.48. The molecule has 0 N–H and O–H groups in total. The van der Waals surface area contributed by atoms with Crippen molar-refractivity contribution in [3.8, 4) is 5.75 Å². The Balaban J connectivity index is 2.30. The fourth-order valence-corrected chi connectivity index (χ4v) is 2.08. The molecule has 0 bridgehead atoms. The highest BCUT2D eigenvalue weighted by molar-refractivity contribution is 6.03. The van der Waals surface area contributed by atoms with Crippen molar-refractivity contribution in [3.63, 3.8) is 0 Å². The van der Waals surface area contributed by atoms with Crippen molar-refractivity contribution in [2.75, 3.05) is 60.5 Å². The number of rotatable bonds is 14. The molecule has 0 atom stereocenters. The Kier molecular flexibility index (Phi) is 11.8. The molecule has 0 spiro atoms. The first-order chi connectivity index (χ1) is 13.1. The number of esters is 2. The van der Waals surface area contributed by atoms with Gasteiger partial charge >= 0.3 is 11.9 Å². The monoisotopic (exact) mass is 384 g/mol. The average Bonchev–Trinajstić information content (AvgIpc) is 2.70. The van der Waals surface area contributed by atoms with Gasteiger partial charge in [0.25, 0.3) is 0 Å². The number of carbonyl (C=O) groups is 2. The molecule has 0 heterocycles. The summed E-state index contributed by atoms with van der Waals surface area (Å²) in [6.45, 7) is 5.52. The maximum atomic E-state index is 11.8. The van der Waals surface area contributed by atoms with Crippen molar-refractivity contribution >= 4 is 11.9 Å². The highest BCUT2D eigenvalue weighted by atomic mass is 16.6. The standard InChI is InChI=1S/C19H28O8/c1-4-7-24-8-9-25-10-11-26-12-13-27-15-5-6-16(18(20)22-2)17(14-15)19(21)23-3/h5-6,14H,4,7-13H2,1-3H3. The number of ether oxygens (including phenoxy) is 6. The lowest BCUT2D eigenvalue weighted by molar-refractivity contribution is 0.00944. The van der Waals surface area contributed by atoms with Gasteiger partial charge < -0.3 is 28.4 Å². The van der Waals surface area contributed by atoms with E-state index in [0.717, 1.165) is 13.0 Å². The van der Waals surface area contributed by atoms with E-state index < -0.39 is 11.9 Å². The van der Waals surface area contributed by atoms with Gasteiger partial charge in [0.05, 0.1) is 58.4 Å². The number of carbonyl (C=O) groups excluding carboxylic acids is 2. The minimum Gasteiger partial charge on any atom is -0.491 e. The molecule has 1 aromatic rings. The predicted molar refractivity (Wildman–Crippen MR) is 97.4 cm³/mol. The zero-order chi connectivity index (χ0) is 19.9. The van der Waals surface area contributed by atoms with Crippen LogP contribution in [0.4, 0.5) is 0 Å². The molecule has 0 aliphatic carbocycles. The third kappa shape index (κ3) is 8.85. The summed E-state index contributed by atoms with van der Waals surface area (Å²) in [5.74, 6) is -0.835. The summed E-state index contributed by atoms with van der Waals surface area (Å²) in [4.78, 5) is 23.5. The van der Waals surface area contributed by atoms with Crippen molar-refractivity contribution in [1.82, 2.24) is 0 Å². The smallest absolute Gasteiger partial charge is 0.338 e. The quantitative estimate of drug-likeness (QED) is 0.356. The van der Waals surface area contributed by atoms with Gasteiger partial charge in [-0.3, -0.25) is 0 Å².